The van der Waals surface area contributed by atoms with E-state index < -0.39 is 0 Å². The normalized spacial score (nSPS) is 9.90. The molecule has 0 spiro atoms. The van der Waals surface area contributed by atoms with E-state index in [4.69, 9.17) is 10.8 Å². The summed E-state index contributed by atoms with van der Waals surface area (Å²) in [4.78, 5) is 14.2. The number of aliphatic hydroxyl groups is 1. The molecule has 21 heavy (non-hydrogen) atoms. The van der Waals surface area contributed by atoms with Crippen molar-refractivity contribution in [3.8, 4) is 11.8 Å². The molecule has 0 bridgehead atoms. The van der Waals surface area contributed by atoms with Crippen LogP contribution in [-0.4, -0.2) is 42.7 Å². The highest BCUT2D eigenvalue weighted by molar-refractivity contribution is 5.95. The summed E-state index contributed by atoms with van der Waals surface area (Å²) in [6, 6.07) is 5.63. The van der Waals surface area contributed by atoms with Gasteiger partial charge in [-0.15, -0.1) is 0 Å². The average molecular weight is 288 g/mol. The van der Waals surface area contributed by atoms with Crippen molar-refractivity contribution in [3.05, 3.63) is 34.9 Å². The molecule has 0 atom stereocenters. The standard InChI is InChI=1S/C17H24N2O2/c1-14-8-9-15(7-6-10-18)13-16(14)17(21)19(2)11-4-3-5-12-20/h8-9,13,20H,3-5,10-12,18H2,1-2H3. The monoisotopic (exact) mass is 288 g/mol. The quantitative estimate of drug-likeness (QED) is 0.616. The predicted molar refractivity (Wildman–Crippen MR) is 85.0 cm³/mol. The Morgan fingerprint density at radius 3 is 2.76 bits per heavy atom. The Hall–Kier alpha value is -1.83. The van der Waals surface area contributed by atoms with Crippen LogP contribution >= 0.6 is 0 Å². The number of aliphatic hydroxyl groups excluding tert-OH is 1. The van der Waals surface area contributed by atoms with E-state index in [9.17, 15) is 4.79 Å². The average Bonchev–Trinajstić information content (AvgIpc) is 2.49. The maximum absolute atomic E-state index is 12.5. The van der Waals surface area contributed by atoms with Gasteiger partial charge in [0.05, 0.1) is 6.54 Å². The van der Waals surface area contributed by atoms with Crippen molar-refractivity contribution in [1.82, 2.24) is 4.90 Å². The highest BCUT2D eigenvalue weighted by Gasteiger charge is 2.14. The zero-order valence-electron chi connectivity index (χ0n) is 12.9. The Balaban J connectivity index is 2.76. The predicted octanol–water partition coefficient (Wildman–Crippen LogP) is 1.54. The third-order valence-corrected chi connectivity index (χ3v) is 3.30. The Labute approximate surface area is 127 Å². The zero-order chi connectivity index (χ0) is 15.7. The largest absolute Gasteiger partial charge is 0.396 e. The van der Waals surface area contributed by atoms with Crippen LogP contribution in [0.2, 0.25) is 0 Å². The van der Waals surface area contributed by atoms with Gasteiger partial charge in [0.15, 0.2) is 0 Å². The SMILES string of the molecule is Cc1ccc(C#CCN)cc1C(=O)N(C)CCCCCO. The second-order valence-corrected chi connectivity index (χ2v) is 5.05. The minimum absolute atomic E-state index is 0.00731. The molecule has 0 saturated heterocycles. The Morgan fingerprint density at radius 2 is 2.10 bits per heavy atom. The molecule has 4 heteroatoms. The highest BCUT2D eigenvalue weighted by atomic mass is 16.2. The van der Waals surface area contributed by atoms with Gasteiger partial charge >= 0.3 is 0 Å². The molecule has 0 aliphatic rings. The number of hydrogen-bond acceptors (Lipinski definition) is 3. The first-order valence-electron chi connectivity index (χ1n) is 7.26. The molecule has 0 radical (unpaired) electrons. The van der Waals surface area contributed by atoms with Crippen LogP contribution in [0.15, 0.2) is 18.2 Å². The van der Waals surface area contributed by atoms with Crippen LogP contribution in [-0.2, 0) is 0 Å². The van der Waals surface area contributed by atoms with E-state index in [0.717, 1.165) is 30.4 Å². The van der Waals surface area contributed by atoms with Crippen molar-refractivity contribution >= 4 is 5.91 Å². The fraction of sp³-hybridized carbons (Fsp3) is 0.471. The second-order valence-electron chi connectivity index (χ2n) is 5.05. The van der Waals surface area contributed by atoms with Crippen LogP contribution in [0.1, 0.15) is 40.7 Å². The van der Waals surface area contributed by atoms with Crippen molar-refractivity contribution in [3.63, 3.8) is 0 Å². The fourth-order valence-electron chi connectivity index (χ4n) is 2.03. The Morgan fingerprint density at radius 1 is 1.33 bits per heavy atom. The van der Waals surface area contributed by atoms with Crippen molar-refractivity contribution in [1.29, 1.82) is 0 Å². The molecule has 114 valence electrons. The number of unbranched alkanes of at least 4 members (excludes halogenated alkanes) is 2. The number of carbonyl (C=O) groups is 1. The summed E-state index contributed by atoms with van der Waals surface area (Å²) in [6.45, 7) is 3.13. The molecule has 0 heterocycles. The van der Waals surface area contributed by atoms with Crippen molar-refractivity contribution in [2.45, 2.75) is 26.2 Å². The second kappa shape index (κ2) is 9.17. The maximum atomic E-state index is 12.5. The maximum Gasteiger partial charge on any atom is 0.253 e. The Bertz CT molecular complexity index is 529. The summed E-state index contributed by atoms with van der Waals surface area (Å²) in [5, 5.41) is 8.75. The lowest BCUT2D eigenvalue weighted by molar-refractivity contribution is 0.0791. The first-order valence-corrected chi connectivity index (χ1v) is 7.26. The third-order valence-electron chi connectivity index (χ3n) is 3.30. The Kier molecular flexibility index (Phi) is 7.52. The summed E-state index contributed by atoms with van der Waals surface area (Å²) in [5.74, 6) is 5.76. The van der Waals surface area contributed by atoms with Crippen LogP contribution in [0.4, 0.5) is 0 Å². The van der Waals surface area contributed by atoms with Crippen LogP contribution < -0.4 is 5.73 Å². The number of nitrogens with zero attached hydrogens (tertiary/aromatic N) is 1. The fourth-order valence-corrected chi connectivity index (χ4v) is 2.03. The van der Waals surface area contributed by atoms with Crippen LogP contribution in [0.5, 0.6) is 0 Å². The lowest BCUT2D eigenvalue weighted by atomic mass is 10.0. The molecule has 0 aromatic heterocycles. The minimum Gasteiger partial charge on any atom is -0.396 e. The topological polar surface area (TPSA) is 66.6 Å². The lowest BCUT2D eigenvalue weighted by Gasteiger charge is -2.18. The number of amides is 1. The van der Waals surface area contributed by atoms with E-state index in [1.54, 1.807) is 11.9 Å². The van der Waals surface area contributed by atoms with Gasteiger partial charge < -0.3 is 15.7 Å². The first kappa shape index (κ1) is 17.2. The van der Waals surface area contributed by atoms with E-state index >= 15 is 0 Å². The van der Waals surface area contributed by atoms with Crippen molar-refractivity contribution < 1.29 is 9.90 Å². The molecular weight excluding hydrogens is 264 g/mol. The number of benzene rings is 1. The number of nitrogens with two attached hydrogens (primary N) is 1. The van der Waals surface area contributed by atoms with Gasteiger partial charge in [-0.1, -0.05) is 17.9 Å². The van der Waals surface area contributed by atoms with Gasteiger partial charge in [0, 0.05) is 31.3 Å². The third kappa shape index (κ3) is 5.58. The lowest BCUT2D eigenvalue weighted by Crippen LogP contribution is -2.28. The molecule has 1 aromatic carbocycles. The van der Waals surface area contributed by atoms with E-state index in [0.29, 0.717) is 18.7 Å². The minimum atomic E-state index is 0.00731. The van der Waals surface area contributed by atoms with E-state index in [1.807, 2.05) is 25.1 Å². The molecule has 1 aromatic rings. The summed E-state index contributed by atoms with van der Waals surface area (Å²) < 4.78 is 0. The van der Waals surface area contributed by atoms with E-state index in [1.165, 1.54) is 0 Å². The van der Waals surface area contributed by atoms with Crippen molar-refractivity contribution in [2.75, 3.05) is 26.7 Å². The van der Waals surface area contributed by atoms with Gasteiger partial charge in [-0.3, -0.25) is 4.79 Å². The summed E-state index contributed by atoms with van der Waals surface area (Å²) in [5.41, 5.74) is 7.80. The van der Waals surface area contributed by atoms with Crippen LogP contribution in [0.25, 0.3) is 0 Å². The van der Waals surface area contributed by atoms with E-state index in [-0.39, 0.29) is 12.5 Å². The molecule has 0 aliphatic carbocycles. The molecule has 0 aliphatic heterocycles. The van der Waals surface area contributed by atoms with Crippen LogP contribution in [0, 0.1) is 18.8 Å². The van der Waals surface area contributed by atoms with Gasteiger partial charge in [0.25, 0.3) is 5.91 Å². The molecule has 0 fully saturated rings. The highest BCUT2D eigenvalue weighted by Crippen LogP contribution is 2.13. The number of aryl methyl sites for hydroxylation is 1. The molecule has 3 N–H and O–H groups in total. The van der Waals surface area contributed by atoms with Gasteiger partial charge in [-0.05, 0) is 43.9 Å². The number of carbonyl (C=O) groups excluding carboxylic acids is 1. The summed E-state index contributed by atoms with van der Waals surface area (Å²) in [7, 11) is 1.80. The van der Waals surface area contributed by atoms with Gasteiger partial charge in [-0.2, -0.15) is 0 Å². The molecule has 1 rings (SSSR count). The van der Waals surface area contributed by atoms with Gasteiger partial charge in [-0.25, -0.2) is 0 Å². The molecule has 0 saturated carbocycles. The zero-order valence-corrected chi connectivity index (χ0v) is 12.9. The first-order chi connectivity index (χ1) is 10.1. The van der Waals surface area contributed by atoms with Crippen LogP contribution in [0.3, 0.4) is 0 Å². The molecule has 0 unspecified atom stereocenters. The van der Waals surface area contributed by atoms with Gasteiger partial charge in [0.1, 0.15) is 0 Å². The smallest absolute Gasteiger partial charge is 0.253 e. The number of rotatable bonds is 6. The molecular formula is C17H24N2O2. The summed E-state index contributed by atoms with van der Waals surface area (Å²) in [6.07, 6.45) is 2.61. The van der Waals surface area contributed by atoms with Gasteiger partial charge in [0.2, 0.25) is 0 Å². The molecule has 1 amide bonds. The molecule has 4 nitrogen and oxygen atoms in total. The summed E-state index contributed by atoms with van der Waals surface area (Å²) >= 11 is 0. The van der Waals surface area contributed by atoms with Crippen molar-refractivity contribution in [2.24, 2.45) is 5.73 Å². The van der Waals surface area contributed by atoms with E-state index in [2.05, 4.69) is 11.8 Å². The number of hydrogen-bond donors (Lipinski definition) is 2.